The topological polar surface area (TPSA) is 99.9 Å². The standard InChI is InChI=1S/C25H27N5O4/c1-16-13-17(2)15-19(14-16)34-18(3)25(31)26-11-12-33-23-10-9-22-27-28-24(30(22)29-23)20-7-5-6-8-21(20)32-4/h5-10,13-15,18H,11-12H2,1-4H3,(H,26,31). The normalized spacial score (nSPS) is 11.8. The van der Waals surface area contributed by atoms with Crippen LogP contribution in [0.25, 0.3) is 17.0 Å². The van der Waals surface area contributed by atoms with Gasteiger partial charge in [0.1, 0.15) is 18.1 Å². The van der Waals surface area contributed by atoms with Gasteiger partial charge in [0.2, 0.25) is 5.88 Å². The van der Waals surface area contributed by atoms with Crippen LogP contribution in [0.2, 0.25) is 0 Å². The smallest absolute Gasteiger partial charge is 0.260 e. The summed E-state index contributed by atoms with van der Waals surface area (Å²) in [6.45, 7) is 6.25. The van der Waals surface area contributed by atoms with E-state index < -0.39 is 6.10 Å². The Balaban J connectivity index is 1.34. The summed E-state index contributed by atoms with van der Waals surface area (Å²) in [7, 11) is 1.60. The molecule has 0 aliphatic carbocycles. The van der Waals surface area contributed by atoms with Crippen molar-refractivity contribution >= 4 is 11.6 Å². The molecule has 2 aromatic heterocycles. The zero-order valence-corrected chi connectivity index (χ0v) is 19.6. The number of nitrogens with zero attached hydrogens (tertiary/aromatic N) is 4. The third-order valence-electron chi connectivity index (χ3n) is 5.11. The predicted molar refractivity (Wildman–Crippen MR) is 127 cm³/mol. The Hall–Kier alpha value is -4.14. The Morgan fingerprint density at radius 3 is 2.59 bits per heavy atom. The van der Waals surface area contributed by atoms with E-state index in [1.165, 1.54) is 0 Å². The van der Waals surface area contributed by atoms with E-state index in [2.05, 4.69) is 26.7 Å². The van der Waals surface area contributed by atoms with Crippen LogP contribution in [0.15, 0.2) is 54.6 Å². The van der Waals surface area contributed by atoms with Crippen LogP contribution in [0.3, 0.4) is 0 Å². The summed E-state index contributed by atoms with van der Waals surface area (Å²) in [5, 5.41) is 15.7. The first-order valence-electron chi connectivity index (χ1n) is 11.0. The molecule has 9 heteroatoms. The number of ether oxygens (including phenoxy) is 3. The predicted octanol–water partition coefficient (Wildman–Crippen LogP) is 3.38. The molecule has 4 aromatic rings. The number of fused-ring (bicyclic) bond motifs is 1. The second-order valence-corrected chi connectivity index (χ2v) is 7.89. The number of nitrogens with one attached hydrogen (secondary N) is 1. The number of hydrogen-bond acceptors (Lipinski definition) is 7. The molecule has 0 radical (unpaired) electrons. The van der Waals surface area contributed by atoms with Crippen molar-refractivity contribution in [2.75, 3.05) is 20.3 Å². The molecule has 0 bridgehead atoms. The van der Waals surface area contributed by atoms with Crippen LogP contribution in [-0.4, -0.2) is 52.1 Å². The summed E-state index contributed by atoms with van der Waals surface area (Å²) in [5.41, 5.74) is 3.52. The molecule has 1 N–H and O–H groups in total. The molecular formula is C25H27N5O4. The number of amides is 1. The van der Waals surface area contributed by atoms with E-state index in [9.17, 15) is 4.79 Å². The van der Waals surface area contributed by atoms with Gasteiger partial charge in [-0.05, 0) is 62.2 Å². The Kier molecular flexibility index (Phi) is 6.91. The highest BCUT2D eigenvalue weighted by Crippen LogP contribution is 2.28. The number of rotatable bonds is 9. The van der Waals surface area contributed by atoms with Crippen molar-refractivity contribution in [1.29, 1.82) is 0 Å². The van der Waals surface area contributed by atoms with E-state index in [1.807, 2.05) is 50.2 Å². The van der Waals surface area contributed by atoms with Crippen molar-refractivity contribution in [2.45, 2.75) is 26.9 Å². The molecule has 0 spiro atoms. The zero-order chi connectivity index (χ0) is 24.1. The molecule has 0 fully saturated rings. The van der Waals surface area contributed by atoms with Crippen molar-refractivity contribution < 1.29 is 19.0 Å². The molecule has 2 aromatic carbocycles. The minimum Gasteiger partial charge on any atom is -0.496 e. The zero-order valence-electron chi connectivity index (χ0n) is 19.6. The SMILES string of the molecule is COc1ccccc1-c1nnc2ccc(OCCNC(=O)C(C)Oc3cc(C)cc(C)c3)nn12. The number of methoxy groups -OCH3 is 1. The lowest BCUT2D eigenvalue weighted by Gasteiger charge is -2.15. The number of benzene rings is 2. The summed E-state index contributed by atoms with van der Waals surface area (Å²) in [6, 6.07) is 16.9. The minimum atomic E-state index is -0.629. The Morgan fingerprint density at radius 1 is 1.06 bits per heavy atom. The lowest BCUT2D eigenvalue weighted by molar-refractivity contribution is -0.127. The fourth-order valence-corrected chi connectivity index (χ4v) is 3.58. The average Bonchev–Trinajstić information content (AvgIpc) is 3.24. The fraction of sp³-hybridized carbons (Fsp3) is 0.280. The van der Waals surface area contributed by atoms with Gasteiger partial charge in [0.15, 0.2) is 17.6 Å². The van der Waals surface area contributed by atoms with Gasteiger partial charge in [0.05, 0.1) is 19.2 Å². The molecule has 4 rings (SSSR count). The molecule has 9 nitrogen and oxygen atoms in total. The quantitative estimate of drug-likeness (QED) is 0.382. The van der Waals surface area contributed by atoms with Crippen LogP contribution in [0.4, 0.5) is 0 Å². The summed E-state index contributed by atoms with van der Waals surface area (Å²) in [5.74, 6) is 2.06. The van der Waals surface area contributed by atoms with Crippen molar-refractivity contribution in [3.8, 4) is 28.8 Å². The molecule has 1 amide bonds. The fourth-order valence-electron chi connectivity index (χ4n) is 3.58. The highest BCUT2D eigenvalue weighted by Gasteiger charge is 2.16. The van der Waals surface area contributed by atoms with Crippen LogP contribution in [-0.2, 0) is 4.79 Å². The van der Waals surface area contributed by atoms with E-state index in [1.54, 1.807) is 30.7 Å². The molecule has 2 heterocycles. The van der Waals surface area contributed by atoms with E-state index in [0.717, 1.165) is 16.7 Å². The van der Waals surface area contributed by atoms with Gasteiger partial charge in [-0.2, -0.15) is 4.52 Å². The maximum absolute atomic E-state index is 12.4. The number of aromatic nitrogens is 4. The van der Waals surface area contributed by atoms with Crippen molar-refractivity contribution in [3.05, 3.63) is 65.7 Å². The summed E-state index contributed by atoms with van der Waals surface area (Å²) < 4.78 is 18.5. The molecule has 0 aliphatic rings. The lowest BCUT2D eigenvalue weighted by Crippen LogP contribution is -2.38. The molecule has 176 valence electrons. The second-order valence-electron chi connectivity index (χ2n) is 7.89. The van der Waals surface area contributed by atoms with Gasteiger partial charge in [-0.1, -0.05) is 18.2 Å². The Morgan fingerprint density at radius 2 is 1.82 bits per heavy atom. The van der Waals surface area contributed by atoms with Crippen LogP contribution in [0, 0.1) is 13.8 Å². The van der Waals surface area contributed by atoms with Crippen molar-refractivity contribution in [3.63, 3.8) is 0 Å². The van der Waals surface area contributed by atoms with Gasteiger partial charge in [-0.25, -0.2) is 0 Å². The van der Waals surface area contributed by atoms with Crippen LogP contribution < -0.4 is 19.5 Å². The average molecular weight is 462 g/mol. The van der Waals surface area contributed by atoms with Crippen molar-refractivity contribution in [2.24, 2.45) is 0 Å². The second kappa shape index (κ2) is 10.2. The van der Waals surface area contributed by atoms with Gasteiger partial charge < -0.3 is 19.5 Å². The third-order valence-corrected chi connectivity index (χ3v) is 5.11. The molecule has 0 aliphatic heterocycles. The first-order chi connectivity index (χ1) is 16.4. The highest BCUT2D eigenvalue weighted by molar-refractivity contribution is 5.80. The number of aryl methyl sites for hydroxylation is 2. The number of para-hydroxylation sites is 1. The molecule has 1 atom stereocenters. The molecule has 0 saturated carbocycles. The van der Waals surface area contributed by atoms with Gasteiger partial charge in [-0.3, -0.25) is 4.79 Å². The van der Waals surface area contributed by atoms with Gasteiger partial charge >= 0.3 is 0 Å². The Bertz CT molecular complexity index is 1280. The van der Waals surface area contributed by atoms with E-state index >= 15 is 0 Å². The summed E-state index contributed by atoms with van der Waals surface area (Å²) >= 11 is 0. The first kappa shape index (κ1) is 23.0. The minimum absolute atomic E-state index is 0.219. The van der Waals surface area contributed by atoms with E-state index in [0.29, 0.717) is 35.4 Å². The maximum atomic E-state index is 12.4. The lowest BCUT2D eigenvalue weighted by atomic mass is 10.1. The monoisotopic (exact) mass is 461 g/mol. The maximum Gasteiger partial charge on any atom is 0.260 e. The van der Waals surface area contributed by atoms with Gasteiger partial charge in [0, 0.05) is 6.07 Å². The molecule has 34 heavy (non-hydrogen) atoms. The van der Waals surface area contributed by atoms with Crippen LogP contribution in [0.1, 0.15) is 18.1 Å². The summed E-state index contributed by atoms with van der Waals surface area (Å²) in [6.07, 6.45) is -0.629. The molecule has 1 unspecified atom stereocenters. The van der Waals surface area contributed by atoms with E-state index in [4.69, 9.17) is 14.2 Å². The largest absolute Gasteiger partial charge is 0.496 e. The van der Waals surface area contributed by atoms with Crippen molar-refractivity contribution in [1.82, 2.24) is 25.1 Å². The first-order valence-corrected chi connectivity index (χ1v) is 11.0. The number of hydrogen-bond donors (Lipinski definition) is 1. The molecular weight excluding hydrogens is 434 g/mol. The highest BCUT2D eigenvalue weighted by atomic mass is 16.5. The Labute approximate surface area is 197 Å². The number of carbonyl (C=O) groups excluding carboxylic acids is 1. The number of carbonyl (C=O) groups is 1. The summed E-state index contributed by atoms with van der Waals surface area (Å²) in [4.78, 5) is 12.4. The van der Waals surface area contributed by atoms with E-state index in [-0.39, 0.29) is 12.5 Å². The third kappa shape index (κ3) is 5.25. The van der Waals surface area contributed by atoms with Crippen LogP contribution >= 0.6 is 0 Å². The van der Waals surface area contributed by atoms with Crippen LogP contribution in [0.5, 0.6) is 17.4 Å². The molecule has 0 saturated heterocycles. The van der Waals surface area contributed by atoms with Gasteiger partial charge in [-0.15, -0.1) is 15.3 Å². The van der Waals surface area contributed by atoms with Gasteiger partial charge in [0.25, 0.3) is 5.91 Å².